The topological polar surface area (TPSA) is 32.3 Å². The number of nitrogens with zero attached hydrogens (tertiary/aromatic N) is 1. The normalized spacial score (nSPS) is 20.8. The van der Waals surface area contributed by atoms with Gasteiger partial charge in [-0.15, -0.1) is 0 Å². The maximum atomic E-state index is 11.7. The number of likely N-dealkylation sites (N-methyl/N-ethyl adjacent to an activating group) is 1. The fraction of sp³-hybridized carbons (Fsp3) is 0.917. The molecule has 1 rings (SSSR count). The summed E-state index contributed by atoms with van der Waals surface area (Å²) < 4.78 is 0.376. The van der Waals surface area contributed by atoms with E-state index in [-0.39, 0.29) is 11.9 Å². The molecule has 1 unspecified atom stereocenters. The van der Waals surface area contributed by atoms with E-state index >= 15 is 0 Å². The predicted octanol–water partition coefficient (Wildman–Crippen LogP) is 1.73. The van der Waals surface area contributed by atoms with Crippen molar-refractivity contribution in [1.29, 1.82) is 0 Å². The van der Waals surface area contributed by atoms with Crippen LogP contribution in [0.4, 0.5) is 0 Å². The number of carbonyl (C=O) groups excluding carboxylic acids is 1. The third-order valence-electron chi connectivity index (χ3n) is 3.49. The van der Waals surface area contributed by atoms with Crippen molar-refractivity contribution in [3.8, 4) is 0 Å². The lowest BCUT2D eigenvalue weighted by molar-refractivity contribution is -0.130. The maximum Gasteiger partial charge on any atom is 0.238 e. The molecule has 0 aromatic carbocycles. The number of rotatable bonds is 5. The van der Waals surface area contributed by atoms with Crippen molar-refractivity contribution in [3.63, 3.8) is 0 Å². The fourth-order valence-corrected chi connectivity index (χ4v) is 3.21. The molecule has 3 nitrogen and oxygen atoms in total. The highest BCUT2D eigenvalue weighted by Gasteiger charge is 2.33. The molecule has 1 amide bonds. The molecule has 0 aromatic heterocycles. The first kappa shape index (κ1) is 13.8. The third kappa shape index (κ3) is 3.39. The Morgan fingerprint density at radius 3 is 2.44 bits per heavy atom. The number of thioether (sulfide) groups is 1. The molecule has 16 heavy (non-hydrogen) atoms. The molecule has 0 aromatic rings. The Hall–Kier alpha value is -0.220. The molecule has 0 bridgehead atoms. The van der Waals surface area contributed by atoms with E-state index in [1.54, 1.807) is 19.0 Å². The van der Waals surface area contributed by atoms with Gasteiger partial charge < -0.3 is 10.2 Å². The van der Waals surface area contributed by atoms with Gasteiger partial charge in [0.1, 0.15) is 0 Å². The van der Waals surface area contributed by atoms with Gasteiger partial charge in [-0.3, -0.25) is 4.79 Å². The van der Waals surface area contributed by atoms with Crippen LogP contribution in [0.25, 0.3) is 0 Å². The van der Waals surface area contributed by atoms with E-state index in [0.717, 1.165) is 6.54 Å². The first-order valence-corrected chi connectivity index (χ1v) is 7.23. The molecule has 4 heteroatoms. The highest BCUT2D eigenvalue weighted by molar-refractivity contribution is 8.00. The molecule has 0 radical (unpaired) electrons. The van der Waals surface area contributed by atoms with Crippen LogP contribution in [0.5, 0.6) is 0 Å². The van der Waals surface area contributed by atoms with Gasteiger partial charge >= 0.3 is 0 Å². The first-order chi connectivity index (χ1) is 7.51. The zero-order chi connectivity index (χ0) is 12.2. The first-order valence-electron chi connectivity index (χ1n) is 6.00. The molecule has 1 N–H and O–H groups in total. The van der Waals surface area contributed by atoms with Crippen LogP contribution < -0.4 is 5.32 Å². The summed E-state index contributed by atoms with van der Waals surface area (Å²) in [6, 6.07) is -0.0698. The minimum Gasteiger partial charge on any atom is -0.347 e. The molecule has 1 aliphatic rings. The Kier molecular flexibility index (Phi) is 5.12. The van der Waals surface area contributed by atoms with Crippen molar-refractivity contribution in [2.45, 2.75) is 43.4 Å². The van der Waals surface area contributed by atoms with Crippen LogP contribution in [0, 0.1) is 0 Å². The lowest BCUT2D eigenvalue weighted by Gasteiger charge is -2.29. The molecule has 0 spiro atoms. The van der Waals surface area contributed by atoms with Gasteiger partial charge in [0.05, 0.1) is 6.04 Å². The highest BCUT2D eigenvalue weighted by Crippen LogP contribution is 2.39. The standard InChI is InChI=1S/C12H24N2OS/c1-10(11(15)14(2)3)13-9-12(16-4)7-5-6-8-12/h10,13H,5-9H2,1-4H3. The number of hydrogen-bond acceptors (Lipinski definition) is 3. The van der Waals surface area contributed by atoms with Gasteiger partial charge in [-0.2, -0.15) is 11.8 Å². The zero-order valence-corrected chi connectivity index (χ0v) is 11.7. The Morgan fingerprint density at radius 1 is 1.44 bits per heavy atom. The molecule has 1 atom stereocenters. The average molecular weight is 244 g/mol. The largest absolute Gasteiger partial charge is 0.347 e. The molecule has 1 fully saturated rings. The summed E-state index contributed by atoms with van der Waals surface area (Å²) in [4.78, 5) is 13.3. The van der Waals surface area contributed by atoms with Crippen molar-refractivity contribution < 1.29 is 4.79 Å². The zero-order valence-electron chi connectivity index (χ0n) is 10.9. The molecule has 94 valence electrons. The second-order valence-corrected chi connectivity index (χ2v) is 6.20. The quantitative estimate of drug-likeness (QED) is 0.799. The van der Waals surface area contributed by atoms with Crippen molar-refractivity contribution in [2.24, 2.45) is 0 Å². The van der Waals surface area contributed by atoms with Crippen LogP contribution in [0.2, 0.25) is 0 Å². The maximum absolute atomic E-state index is 11.7. The van der Waals surface area contributed by atoms with Crippen LogP contribution in [0.3, 0.4) is 0 Å². The van der Waals surface area contributed by atoms with Crippen LogP contribution in [-0.2, 0) is 4.79 Å². The van der Waals surface area contributed by atoms with Crippen LogP contribution in [-0.4, -0.2) is 48.5 Å². The second-order valence-electron chi connectivity index (χ2n) is 4.93. The third-order valence-corrected chi connectivity index (χ3v) is 4.91. The lowest BCUT2D eigenvalue weighted by Crippen LogP contribution is -2.46. The highest BCUT2D eigenvalue weighted by atomic mass is 32.2. The molecular weight excluding hydrogens is 220 g/mol. The van der Waals surface area contributed by atoms with Crippen molar-refractivity contribution in [3.05, 3.63) is 0 Å². The van der Waals surface area contributed by atoms with Gasteiger partial charge in [0, 0.05) is 25.4 Å². The molecule has 0 saturated heterocycles. The summed E-state index contributed by atoms with van der Waals surface area (Å²) in [7, 11) is 3.61. The Morgan fingerprint density at radius 2 is 2.00 bits per heavy atom. The van der Waals surface area contributed by atoms with Crippen LogP contribution in [0.15, 0.2) is 0 Å². The summed E-state index contributed by atoms with van der Waals surface area (Å²) in [5.41, 5.74) is 0. The number of carbonyl (C=O) groups is 1. The van der Waals surface area contributed by atoms with Crippen LogP contribution in [0.1, 0.15) is 32.6 Å². The van der Waals surface area contributed by atoms with Gasteiger partial charge in [0.2, 0.25) is 5.91 Å². The van der Waals surface area contributed by atoms with E-state index in [2.05, 4.69) is 11.6 Å². The van der Waals surface area contributed by atoms with Gasteiger partial charge in [0.15, 0.2) is 0 Å². The van der Waals surface area contributed by atoms with Crippen molar-refractivity contribution >= 4 is 17.7 Å². The van der Waals surface area contributed by atoms with Crippen molar-refractivity contribution in [2.75, 3.05) is 26.9 Å². The summed E-state index contributed by atoms with van der Waals surface area (Å²) in [6.45, 7) is 2.90. The lowest BCUT2D eigenvalue weighted by atomic mass is 10.1. The number of hydrogen-bond donors (Lipinski definition) is 1. The Labute approximate surface area is 103 Å². The van der Waals surface area contributed by atoms with E-state index in [1.807, 2.05) is 18.7 Å². The summed E-state index contributed by atoms with van der Waals surface area (Å²) in [5, 5.41) is 3.39. The predicted molar refractivity (Wildman–Crippen MR) is 70.9 cm³/mol. The molecule has 1 saturated carbocycles. The van der Waals surface area contributed by atoms with Gasteiger partial charge in [-0.05, 0) is 26.0 Å². The minimum atomic E-state index is -0.0698. The van der Waals surface area contributed by atoms with Gasteiger partial charge in [-0.1, -0.05) is 12.8 Å². The molecule has 0 heterocycles. The van der Waals surface area contributed by atoms with Gasteiger partial charge in [-0.25, -0.2) is 0 Å². The van der Waals surface area contributed by atoms with Crippen LogP contribution >= 0.6 is 11.8 Å². The monoisotopic (exact) mass is 244 g/mol. The SMILES string of the molecule is CSC1(CNC(C)C(=O)N(C)C)CCCC1. The fourth-order valence-electron chi connectivity index (χ4n) is 2.29. The molecular formula is C12H24N2OS. The smallest absolute Gasteiger partial charge is 0.238 e. The summed E-state index contributed by atoms with van der Waals surface area (Å²) >= 11 is 1.95. The molecule has 1 aliphatic carbocycles. The van der Waals surface area contributed by atoms with Crippen molar-refractivity contribution in [1.82, 2.24) is 10.2 Å². The van der Waals surface area contributed by atoms with E-state index in [9.17, 15) is 4.79 Å². The van der Waals surface area contributed by atoms with E-state index in [0.29, 0.717) is 4.75 Å². The average Bonchev–Trinajstić information content (AvgIpc) is 2.74. The molecule has 0 aliphatic heterocycles. The van der Waals surface area contributed by atoms with E-state index in [1.165, 1.54) is 25.7 Å². The summed E-state index contributed by atoms with van der Waals surface area (Å²) in [6.07, 6.45) is 7.41. The van der Waals surface area contributed by atoms with Gasteiger partial charge in [0.25, 0.3) is 0 Å². The van der Waals surface area contributed by atoms with E-state index < -0.39 is 0 Å². The number of amides is 1. The number of nitrogens with one attached hydrogen (secondary N) is 1. The second kappa shape index (κ2) is 5.92. The Balaban J connectivity index is 2.41. The Bertz CT molecular complexity index is 237. The summed E-state index contributed by atoms with van der Waals surface area (Å²) in [5.74, 6) is 0.161. The minimum absolute atomic E-state index is 0.0698. The van der Waals surface area contributed by atoms with E-state index in [4.69, 9.17) is 0 Å².